The third-order valence-electron chi connectivity index (χ3n) is 3.27. The molecule has 0 saturated heterocycles. The number of nitrogens with one attached hydrogen (secondary N) is 1. The monoisotopic (exact) mass is 323 g/mol. The molecule has 7 heteroatoms. The molecule has 0 unspecified atom stereocenters. The fourth-order valence-corrected chi connectivity index (χ4v) is 4.24. The zero-order valence-corrected chi connectivity index (χ0v) is 13.8. The first kappa shape index (κ1) is 13.7. The van der Waals surface area contributed by atoms with E-state index in [-0.39, 0.29) is 5.56 Å². The highest BCUT2D eigenvalue weighted by atomic mass is 32.1. The Kier molecular flexibility index (Phi) is 3.35. The maximum absolute atomic E-state index is 12.7. The average molecular weight is 323 g/mol. The Bertz CT molecular complexity index is 913. The predicted octanol–water partition coefficient (Wildman–Crippen LogP) is 3.55. The topological polar surface area (TPSA) is 50.7 Å². The van der Waals surface area contributed by atoms with Crippen molar-refractivity contribution in [2.45, 2.75) is 27.3 Å². The lowest BCUT2D eigenvalue weighted by Gasteiger charge is -2.04. The van der Waals surface area contributed by atoms with E-state index in [1.807, 2.05) is 26.2 Å². The summed E-state index contributed by atoms with van der Waals surface area (Å²) < 4.78 is 2.05. The summed E-state index contributed by atoms with van der Waals surface area (Å²) in [4.78, 5) is 22.2. The van der Waals surface area contributed by atoms with E-state index in [0.29, 0.717) is 11.3 Å². The molecule has 0 atom stereocenters. The summed E-state index contributed by atoms with van der Waals surface area (Å²) in [5.41, 5.74) is 1.97. The smallest absolute Gasteiger partial charge is 0.263 e. The van der Waals surface area contributed by atoms with Gasteiger partial charge >= 0.3 is 0 Å². The van der Waals surface area contributed by atoms with Crippen molar-refractivity contribution in [2.75, 3.05) is 0 Å². The summed E-state index contributed by atoms with van der Waals surface area (Å²) in [5, 5.41) is 3.62. The van der Waals surface area contributed by atoms with Gasteiger partial charge in [0.2, 0.25) is 0 Å². The van der Waals surface area contributed by atoms with E-state index in [1.54, 1.807) is 27.2 Å². The van der Waals surface area contributed by atoms with Crippen LogP contribution in [0.25, 0.3) is 10.2 Å². The normalized spacial score (nSPS) is 11.3. The van der Waals surface area contributed by atoms with E-state index < -0.39 is 0 Å². The van der Waals surface area contributed by atoms with Crippen LogP contribution in [0.3, 0.4) is 0 Å². The van der Waals surface area contributed by atoms with Crippen molar-refractivity contribution >= 4 is 45.1 Å². The third kappa shape index (κ3) is 2.15. The average Bonchev–Trinajstić information content (AvgIpc) is 2.90. The number of aromatic nitrogens is 3. The Morgan fingerprint density at radius 2 is 2.15 bits per heavy atom. The van der Waals surface area contributed by atoms with Gasteiger partial charge in [-0.1, -0.05) is 0 Å². The number of thiophene rings is 1. The van der Waals surface area contributed by atoms with Gasteiger partial charge in [-0.05, 0) is 38.6 Å². The molecule has 3 rings (SSSR count). The minimum Gasteiger partial charge on any atom is -0.323 e. The molecule has 0 saturated carbocycles. The largest absolute Gasteiger partial charge is 0.323 e. The number of nitrogens with zero attached hydrogens (tertiary/aromatic N) is 2. The molecular weight excluding hydrogens is 310 g/mol. The molecule has 0 bridgehead atoms. The van der Waals surface area contributed by atoms with Crippen molar-refractivity contribution < 1.29 is 0 Å². The second-order valence-electron chi connectivity index (χ2n) is 4.69. The number of aryl methyl sites for hydroxylation is 3. The molecule has 0 aliphatic rings. The Morgan fingerprint density at radius 1 is 1.40 bits per heavy atom. The maximum atomic E-state index is 12.7. The molecule has 20 heavy (non-hydrogen) atoms. The summed E-state index contributed by atoms with van der Waals surface area (Å²) >= 11 is 8.44. The van der Waals surface area contributed by atoms with Gasteiger partial charge in [-0.25, -0.2) is 4.98 Å². The van der Waals surface area contributed by atoms with E-state index in [9.17, 15) is 4.79 Å². The highest BCUT2D eigenvalue weighted by Crippen LogP contribution is 2.25. The zero-order chi connectivity index (χ0) is 14.4. The number of rotatable bonds is 2. The zero-order valence-electron chi connectivity index (χ0n) is 11.3. The van der Waals surface area contributed by atoms with Crippen LogP contribution in [0, 0.1) is 25.5 Å². The molecule has 3 aromatic rings. The van der Waals surface area contributed by atoms with Crippen LogP contribution in [-0.4, -0.2) is 14.5 Å². The maximum Gasteiger partial charge on any atom is 0.263 e. The lowest BCUT2D eigenvalue weighted by atomic mass is 10.2. The second kappa shape index (κ2) is 4.91. The van der Waals surface area contributed by atoms with Gasteiger partial charge in [0.1, 0.15) is 9.84 Å². The number of hydrogen-bond donors (Lipinski definition) is 1. The molecule has 0 spiro atoms. The molecular formula is C13H13N3OS3. The summed E-state index contributed by atoms with van der Waals surface area (Å²) in [6, 6.07) is 0. The lowest BCUT2D eigenvalue weighted by Crippen LogP contribution is -2.22. The van der Waals surface area contributed by atoms with Crippen LogP contribution in [0.4, 0.5) is 0 Å². The van der Waals surface area contributed by atoms with Crippen LogP contribution in [0.5, 0.6) is 0 Å². The van der Waals surface area contributed by atoms with Gasteiger partial charge in [-0.3, -0.25) is 9.36 Å². The van der Waals surface area contributed by atoms with Gasteiger partial charge < -0.3 is 4.98 Å². The standard InChI is InChI=1S/C13H13N3OS3/c1-6-5-19-9(14-6)4-16-12(17)10-7(2)8(3)20-11(10)15-13(16)18/h5H,4H2,1-3H3,(H,15,18). The molecule has 3 heterocycles. The van der Waals surface area contributed by atoms with Crippen molar-refractivity contribution in [1.29, 1.82) is 0 Å². The summed E-state index contributed by atoms with van der Waals surface area (Å²) in [7, 11) is 0. The molecule has 104 valence electrons. The Hall–Kier alpha value is -1.31. The van der Waals surface area contributed by atoms with Crippen LogP contribution in [0.2, 0.25) is 0 Å². The number of fused-ring (bicyclic) bond motifs is 1. The van der Waals surface area contributed by atoms with Crippen LogP contribution in [-0.2, 0) is 6.54 Å². The van der Waals surface area contributed by atoms with Crippen molar-refractivity contribution in [3.63, 3.8) is 0 Å². The van der Waals surface area contributed by atoms with Crippen molar-refractivity contribution in [2.24, 2.45) is 0 Å². The third-order valence-corrected chi connectivity index (χ3v) is 5.67. The molecule has 3 aromatic heterocycles. The molecule has 1 N–H and O–H groups in total. The van der Waals surface area contributed by atoms with Gasteiger partial charge in [0.15, 0.2) is 4.77 Å². The first-order valence-electron chi connectivity index (χ1n) is 6.11. The molecule has 0 aromatic carbocycles. The summed E-state index contributed by atoms with van der Waals surface area (Å²) in [6.45, 7) is 6.37. The van der Waals surface area contributed by atoms with E-state index >= 15 is 0 Å². The highest BCUT2D eigenvalue weighted by Gasteiger charge is 2.13. The predicted molar refractivity (Wildman–Crippen MR) is 86.7 cm³/mol. The highest BCUT2D eigenvalue weighted by molar-refractivity contribution is 7.71. The van der Waals surface area contributed by atoms with Gasteiger partial charge in [0, 0.05) is 16.0 Å². The molecule has 0 aliphatic heterocycles. The number of aromatic amines is 1. The molecule has 0 radical (unpaired) electrons. The first-order chi connectivity index (χ1) is 9.47. The Morgan fingerprint density at radius 3 is 2.80 bits per heavy atom. The Balaban J connectivity index is 2.23. The van der Waals surface area contributed by atoms with Crippen molar-refractivity contribution in [1.82, 2.24) is 14.5 Å². The number of thiazole rings is 1. The molecule has 0 amide bonds. The van der Waals surface area contributed by atoms with Crippen molar-refractivity contribution in [3.8, 4) is 0 Å². The van der Waals surface area contributed by atoms with E-state index in [1.165, 1.54) is 0 Å². The lowest BCUT2D eigenvalue weighted by molar-refractivity contribution is 0.729. The van der Waals surface area contributed by atoms with Crippen molar-refractivity contribution in [3.05, 3.63) is 41.6 Å². The molecule has 4 nitrogen and oxygen atoms in total. The molecule has 0 aliphatic carbocycles. The van der Waals surface area contributed by atoms with Crippen LogP contribution >= 0.6 is 34.9 Å². The van der Waals surface area contributed by atoms with E-state index in [4.69, 9.17) is 12.2 Å². The van der Waals surface area contributed by atoms with Crippen LogP contribution < -0.4 is 5.56 Å². The molecule has 0 fully saturated rings. The fraction of sp³-hybridized carbons (Fsp3) is 0.308. The summed E-state index contributed by atoms with van der Waals surface area (Å²) in [6.07, 6.45) is 0. The van der Waals surface area contributed by atoms with E-state index in [2.05, 4.69) is 9.97 Å². The number of H-pyrrole nitrogens is 1. The van der Waals surface area contributed by atoms with Gasteiger partial charge in [0.25, 0.3) is 5.56 Å². The van der Waals surface area contributed by atoms with Crippen LogP contribution in [0.15, 0.2) is 10.2 Å². The van der Waals surface area contributed by atoms with Gasteiger partial charge in [-0.2, -0.15) is 0 Å². The van der Waals surface area contributed by atoms with Gasteiger partial charge in [-0.15, -0.1) is 22.7 Å². The SMILES string of the molecule is Cc1csc(Cn2c(=S)[nH]c3sc(C)c(C)c3c2=O)n1. The minimum atomic E-state index is -0.0292. The Labute approximate surface area is 128 Å². The summed E-state index contributed by atoms with van der Waals surface area (Å²) in [5.74, 6) is 0. The quantitative estimate of drug-likeness (QED) is 0.734. The van der Waals surface area contributed by atoms with E-state index in [0.717, 1.165) is 31.4 Å². The first-order valence-corrected chi connectivity index (χ1v) is 8.21. The fourth-order valence-electron chi connectivity index (χ4n) is 2.12. The minimum absolute atomic E-state index is 0.0292. The second-order valence-corrected chi connectivity index (χ2v) is 7.25. The van der Waals surface area contributed by atoms with Crippen LogP contribution in [0.1, 0.15) is 21.1 Å². The van der Waals surface area contributed by atoms with Gasteiger partial charge in [0.05, 0.1) is 11.9 Å². The number of hydrogen-bond acceptors (Lipinski definition) is 5.